The number of carbonyl (C=O) groups excluding carboxylic acids is 1. The minimum Gasteiger partial charge on any atom is -0.295 e. The third-order valence-electron chi connectivity index (χ3n) is 5.81. The van der Waals surface area contributed by atoms with Gasteiger partial charge in [0.25, 0.3) is 0 Å². The molecule has 0 radical (unpaired) electrons. The predicted molar refractivity (Wildman–Crippen MR) is 106 cm³/mol. The monoisotopic (exact) mass is 345 g/mol. The van der Waals surface area contributed by atoms with Crippen molar-refractivity contribution in [2.45, 2.75) is 64.7 Å². The Morgan fingerprint density at radius 1 is 0.962 bits per heavy atom. The first-order valence-electron chi connectivity index (χ1n) is 9.78. The van der Waals surface area contributed by atoms with Crippen LogP contribution in [-0.2, 0) is 5.41 Å². The fourth-order valence-electron chi connectivity index (χ4n) is 4.40. The highest BCUT2D eigenvalue weighted by Gasteiger charge is 2.42. The predicted octanol–water partition coefficient (Wildman–Crippen LogP) is 6.41. The molecule has 0 heterocycles. The van der Waals surface area contributed by atoms with Crippen LogP contribution in [0.5, 0.6) is 0 Å². The molecule has 0 saturated carbocycles. The van der Waals surface area contributed by atoms with Crippen LogP contribution in [-0.4, -0.2) is 5.78 Å². The molecule has 0 amide bonds. The maximum absolute atomic E-state index is 12.0. The van der Waals surface area contributed by atoms with Crippen LogP contribution in [0.15, 0.2) is 36.4 Å². The zero-order valence-corrected chi connectivity index (χ0v) is 16.1. The van der Waals surface area contributed by atoms with Gasteiger partial charge in [-0.3, -0.25) is 4.79 Å². The van der Waals surface area contributed by atoms with E-state index in [1.807, 2.05) is 12.1 Å². The van der Waals surface area contributed by atoms with Gasteiger partial charge >= 0.3 is 0 Å². The highest BCUT2D eigenvalue weighted by atomic mass is 16.1. The Labute approximate surface area is 156 Å². The van der Waals surface area contributed by atoms with Crippen molar-refractivity contribution < 1.29 is 4.79 Å². The molecule has 0 spiro atoms. The quantitative estimate of drug-likeness (QED) is 0.544. The standard InChI is InChI=1S/C24H27NO/c1-4-6-12-24(13-7-5-2)22-14-18(16-25)8-10-20(22)21-11-9-19(17(3)26)15-23(21)24/h8-11,14-15H,4-7,12-13H2,1-3H3. The van der Waals surface area contributed by atoms with Crippen molar-refractivity contribution in [3.63, 3.8) is 0 Å². The van der Waals surface area contributed by atoms with Crippen LogP contribution in [0.25, 0.3) is 11.1 Å². The summed E-state index contributed by atoms with van der Waals surface area (Å²) in [5.74, 6) is 0.112. The summed E-state index contributed by atoms with van der Waals surface area (Å²) in [5.41, 5.74) is 6.49. The van der Waals surface area contributed by atoms with Crippen molar-refractivity contribution >= 4 is 5.78 Å². The molecule has 2 nitrogen and oxygen atoms in total. The molecule has 26 heavy (non-hydrogen) atoms. The third kappa shape index (κ3) is 2.97. The summed E-state index contributed by atoms with van der Waals surface area (Å²) in [6, 6.07) is 14.6. The molecule has 1 aliphatic carbocycles. The second kappa shape index (κ2) is 7.46. The van der Waals surface area contributed by atoms with Crippen LogP contribution in [0.3, 0.4) is 0 Å². The van der Waals surface area contributed by atoms with Gasteiger partial charge in [-0.05, 0) is 60.2 Å². The molecule has 2 aromatic rings. The molecule has 134 valence electrons. The largest absolute Gasteiger partial charge is 0.295 e. The van der Waals surface area contributed by atoms with Crippen LogP contribution in [0.2, 0.25) is 0 Å². The van der Waals surface area contributed by atoms with Gasteiger partial charge in [-0.25, -0.2) is 0 Å². The Kier molecular flexibility index (Phi) is 5.28. The zero-order chi connectivity index (χ0) is 18.7. The molecule has 0 bridgehead atoms. The zero-order valence-electron chi connectivity index (χ0n) is 16.1. The van der Waals surface area contributed by atoms with Gasteiger partial charge in [-0.2, -0.15) is 5.26 Å². The van der Waals surface area contributed by atoms with Crippen LogP contribution in [0.1, 0.15) is 86.3 Å². The first-order valence-corrected chi connectivity index (χ1v) is 9.78. The molecule has 2 aromatic carbocycles. The van der Waals surface area contributed by atoms with Gasteiger partial charge in [0.1, 0.15) is 0 Å². The number of Topliss-reactive ketones (excluding diaryl/α,β-unsaturated/α-hetero) is 1. The van der Waals surface area contributed by atoms with Gasteiger partial charge in [0.15, 0.2) is 5.78 Å². The molecular formula is C24H27NO. The molecular weight excluding hydrogens is 318 g/mol. The van der Waals surface area contributed by atoms with Crippen molar-refractivity contribution in [2.24, 2.45) is 0 Å². The van der Waals surface area contributed by atoms with Crippen molar-refractivity contribution in [1.82, 2.24) is 0 Å². The number of fused-ring (bicyclic) bond motifs is 3. The topological polar surface area (TPSA) is 40.9 Å². The molecule has 1 aliphatic rings. The lowest BCUT2D eigenvalue weighted by Crippen LogP contribution is -2.26. The number of hydrogen-bond donors (Lipinski definition) is 0. The fourth-order valence-corrected chi connectivity index (χ4v) is 4.40. The molecule has 0 atom stereocenters. The van der Waals surface area contributed by atoms with Crippen molar-refractivity contribution in [3.05, 3.63) is 58.7 Å². The summed E-state index contributed by atoms with van der Waals surface area (Å²) >= 11 is 0. The summed E-state index contributed by atoms with van der Waals surface area (Å²) in [6.45, 7) is 6.08. The lowest BCUT2D eigenvalue weighted by molar-refractivity contribution is 0.101. The van der Waals surface area contributed by atoms with Crippen LogP contribution in [0.4, 0.5) is 0 Å². The maximum atomic E-state index is 12.0. The Bertz CT molecular complexity index is 864. The van der Waals surface area contributed by atoms with E-state index in [4.69, 9.17) is 0 Å². The van der Waals surface area contributed by atoms with E-state index in [0.29, 0.717) is 0 Å². The molecule has 0 unspecified atom stereocenters. The van der Waals surface area contributed by atoms with Gasteiger partial charge in [-0.1, -0.05) is 57.7 Å². The lowest BCUT2D eigenvalue weighted by atomic mass is 9.70. The number of rotatable bonds is 7. The minimum absolute atomic E-state index is 0.0744. The van der Waals surface area contributed by atoms with Gasteiger partial charge in [0, 0.05) is 11.0 Å². The van der Waals surface area contributed by atoms with E-state index in [1.54, 1.807) is 6.92 Å². The van der Waals surface area contributed by atoms with Gasteiger partial charge < -0.3 is 0 Å². The van der Waals surface area contributed by atoms with E-state index in [-0.39, 0.29) is 11.2 Å². The average Bonchev–Trinajstić information content (AvgIpc) is 2.93. The smallest absolute Gasteiger partial charge is 0.159 e. The average molecular weight is 345 g/mol. The summed E-state index contributed by atoms with van der Waals surface area (Å²) in [5, 5.41) is 9.43. The molecule has 0 N–H and O–H groups in total. The number of nitriles is 1. The Morgan fingerprint density at radius 3 is 2.08 bits per heavy atom. The van der Waals surface area contributed by atoms with E-state index in [9.17, 15) is 10.1 Å². The van der Waals surface area contributed by atoms with Crippen LogP contribution in [0, 0.1) is 11.3 Å². The first kappa shape index (κ1) is 18.4. The van der Waals surface area contributed by atoms with E-state index >= 15 is 0 Å². The fraction of sp³-hybridized carbons (Fsp3) is 0.417. The van der Waals surface area contributed by atoms with E-state index in [2.05, 4.69) is 44.2 Å². The summed E-state index contributed by atoms with van der Waals surface area (Å²) in [7, 11) is 0. The summed E-state index contributed by atoms with van der Waals surface area (Å²) in [6.07, 6.45) is 6.71. The van der Waals surface area contributed by atoms with Gasteiger partial charge in [-0.15, -0.1) is 0 Å². The van der Waals surface area contributed by atoms with Crippen LogP contribution >= 0.6 is 0 Å². The van der Waals surface area contributed by atoms with E-state index in [0.717, 1.165) is 49.7 Å². The summed E-state index contributed by atoms with van der Waals surface area (Å²) < 4.78 is 0. The maximum Gasteiger partial charge on any atom is 0.159 e. The van der Waals surface area contributed by atoms with Crippen LogP contribution < -0.4 is 0 Å². The van der Waals surface area contributed by atoms with E-state index in [1.165, 1.54) is 22.3 Å². The second-order valence-electron chi connectivity index (χ2n) is 7.48. The third-order valence-corrected chi connectivity index (χ3v) is 5.81. The number of nitrogens with zero attached hydrogens (tertiary/aromatic N) is 1. The first-order chi connectivity index (χ1) is 12.6. The van der Waals surface area contributed by atoms with Crippen molar-refractivity contribution in [2.75, 3.05) is 0 Å². The van der Waals surface area contributed by atoms with E-state index < -0.39 is 0 Å². The molecule has 0 fully saturated rings. The number of carbonyl (C=O) groups is 1. The molecule has 0 aromatic heterocycles. The Hall–Kier alpha value is -2.40. The van der Waals surface area contributed by atoms with Gasteiger partial charge in [0.05, 0.1) is 11.6 Å². The normalized spacial score (nSPS) is 13.8. The second-order valence-corrected chi connectivity index (χ2v) is 7.48. The number of benzene rings is 2. The number of ketones is 1. The molecule has 2 heteroatoms. The van der Waals surface area contributed by atoms with Crippen molar-refractivity contribution in [1.29, 1.82) is 5.26 Å². The molecule has 0 saturated heterocycles. The highest BCUT2D eigenvalue weighted by Crippen LogP contribution is 2.54. The number of unbranched alkanes of at least 4 members (excludes halogenated alkanes) is 2. The van der Waals surface area contributed by atoms with Crippen molar-refractivity contribution in [3.8, 4) is 17.2 Å². The Balaban J connectivity index is 2.27. The molecule has 3 rings (SSSR count). The lowest BCUT2D eigenvalue weighted by Gasteiger charge is -2.33. The summed E-state index contributed by atoms with van der Waals surface area (Å²) in [4.78, 5) is 12.0. The SMILES string of the molecule is CCCCC1(CCCC)c2cc(C#N)ccc2-c2ccc(C(C)=O)cc21. The molecule has 0 aliphatic heterocycles. The Morgan fingerprint density at radius 2 is 1.54 bits per heavy atom. The highest BCUT2D eigenvalue weighted by molar-refractivity contribution is 5.96. The number of hydrogen-bond acceptors (Lipinski definition) is 2. The van der Waals surface area contributed by atoms with Gasteiger partial charge in [0.2, 0.25) is 0 Å². The minimum atomic E-state index is -0.0744.